The SMILES string of the molecule is Brc1ccc2c(c1)CCC2NCCCCn1ccnc1. The highest BCUT2D eigenvalue weighted by atomic mass is 79.9. The van der Waals surface area contributed by atoms with Gasteiger partial charge in [0.1, 0.15) is 0 Å². The molecule has 0 aliphatic heterocycles. The zero-order chi connectivity index (χ0) is 13.8. The summed E-state index contributed by atoms with van der Waals surface area (Å²) < 4.78 is 3.33. The van der Waals surface area contributed by atoms with Crippen molar-refractivity contribution in [2.24, 2.45) is 0 Å². The Morgan fingerprint density at radius 1 is 1.35 bits per heavy atom. The third-order valence-electron chi connectivity index (χ3n) is 3.98. The van der Waals surface area contributed by atoms with Crippen molar-refractivity contribution >= 4 is 15.9 Å². The highest BCUT2D eigenvalue weighted by Gasteiger charge is 2.21. The van der Waals surface area contributed by atoms with Crippen LogP contribution < -0.4 is 5.32 Å². The Balaban J connectivity index is 1.42. The molecule has 1 heterocycles. The first-order valence-electron chi connectivity index (χ1n) is 7.30. The lowest BCUT2D eigenvalue weighted by molar-refractivity contribution is 0.498. The van der Waals surface area contributed by atoms with Crippen LogP contribution in [0.4, 0.5) is 0 Å². The maximum absolute atomic E-state index is 4.06. The Morgan fingerprint density at radius 3 is 3.15 bits per heavy atom. The van der Waals surface area contributed by atoms with Crippen molar-refractivity contribution in [2.75, 3.05) is 6.54 Å². The van der Waals surface area contributed by atoms with E-state index in [0.717, 1.165) is 13.1 Å². The van der Waals surface area contributed by atoms with Gasteiger partial charge in [0.15, 0.2) is 0 Å². The largest absolute Gasteiger partial charge is 0.337 e. The van der Waals surface area contributed by atoms with Gasteiger partial charge in [-0.1, -0.05) is 22.0 Å². The van der Waals surface area contributed by atoms with E-state index in [1.54, 1.807) is 0 Å². The van der Waals surface area contributed by atoms with E-state index in [1.165, 1.54) is 41.3 Å². The fourth-order valence-electron chi connectivity index (χ4n) is 2.91. The highest BCUT2D eigenvalue weighted by Crippen LogP contribution is 2.32. The van der Waals surface area contributed by atoms with Crippen molar-refractivity contribution < 1.29 is 0 Å². The van der Waals surface area contributed by atoms with Crippen LogP contribution in [-0.4, -0.2) is 16.1 Å². The minimum absolute atomic E-state index is 0.548. The van der Waals surface area contributed by atoms with Gasteiger partial charge in [0, 0.05) is 29.5 Å². The van der Waals surface area contributed by atoms with Gasteiger partial charge in [0.05, 0.1) is 6.33 Å². The number of rotatable bonds is 6. The number of benzene rings is 1. The summed E-state index contributed by atoms with van der Waals surface area (Å²) in [7, 11) is 0. The molecule has 2 aromatic rings. The summed E-state index contributed by atoms with van der Waals surface area (Å²) >= 11 is 3.55. The predicted octanol–water partition coefficient (Wildman–Crippen LogP) is 3.70. The monoisotopic (exact) mass is 333 g/mol. The molecule has 1 N–H and O–H groups in total. The summed E-state index contributed by atoms with van der Waals surface area (Å²) in [5.74, 6) is 0. The number of hydrogen-bond donors (Lipinski definition) is 1. The second-order valence-corrected chi connectivity index (χ2v) is 6.31. The molecule has 0 spiro atoms. The van der Waals surface area contributed by atoms with Gasteiger partial charge in [-0.15, -0.1) is 0 Å². The van der Waals surface area contributed by atoms with E-state index in [0.29, 0.717) is 6.04 Å². The van der Waals surface area contributed by atoms with Gasteiger partial charge in [-0.3, -0.25) is 0 Å². The molecule has 0 saturated heterocycles. The third-order valence-corrected chi connectivity index (χ3v) is 4.47. The van der Waals surface area contributed by atoms with Crippen LogP contribution in [0.1, 0.15) is 36.4 Å². The Hall–Kier alpha value is -1.13. The van der Waals surface area contributed by atoms with Crippen LogP contribution in [0.25, 0.3) is 0 Å². The number of fused-ring (bicyclic) bond motifs is 1. The van der Waals surface area contributed by atoms with Gasteiger partial charge in [-0.25, -0.2) is 4.98 Å². The maximum Gasteiger partial charge on any atom is 0.0945 e. The van der Waals surface area contributed by atoms with Crippen LogP contribution in [-0.2, 0) is 13.0 Å². The van der Waals surface area contributed by atoms with Crippen LogP contribution >= 0.6 is 15.9 Å². The molecule has 1 aliphatic carbocycles. The van der Waals surface area contributed by atoms with E-state index in [4.69, 9.17) is 0 Å². The molecule has 106 valence electrons. The van der Waals surface area contributed by atoms with Crippen molar-refractivity contribution in [3.63, 3.8) is 0 Å². The molecule has 3 rings (SSSR count). The van der Waals surface area contributed by atoms with Gasteiger partial charge >= 0.3 is 0 Å². The topological polar surface area (TPSA) is 29.9 Å². The van der Waals surface area contributed by atoms with Crippen molar-refractivity contribution in [2.45, 2.75) is 38.3 Å². The van der Waals surface area contributed by atoms with Crippen LogP contribution in [0, 0.1) is 0 Å². The number of nitrogens with zero attached hydrogens (tertiary/aromatic N) is 2. The van der Waals surface area contributed by atoms with E-state index in [1.807, 2.05) is 18.7 Å². The molecule has 0 saturated carbocycles. The second kappa shape index (κ2) is 6.55. The molecule has 3 nitrogen and oxygen atoms in total. The van der Waals surface area contributed by atoms with Crippen LogP contribution in [0.5, 0.6) is 0 Å². The molecule has 1 aromatic carbocycles. The molecule has 0 fully saturated rings. The molecular formula is C16H20BrN3. The van der Waals surface area contributed by atoms with Crippen LogP contribution in [0.15, 0.2) is 41.4 Å². The van der Waals surface area contributed by atoms with Crippen molar-refractivity contribution in [3.05, 3.63) is 52.5 Å². The molecule has 1 atom stereocenters. The van der Waals surface area contributed by atoms with E-state index in [2.05, 4.69) is 49.0 Å². The lowest BCUT2D eigenvalue weighted by atomic mass is 10.1. The van der Waals surface area contributed by atoms with Crippen molar-refractivity contribution in [1.82, 2.24) is 14.9 Å². The van der Waals surface area contributed by atoms with Gasteiger partial charge < -0.3 is 9.88 Å². The van der Waals surface area contributed by atoms with E-state index >= 15 is 0 Å². The number of imidazole rings is 1. The molecule has 1 aromatic heterocycles. The fraction of sp³-hybridized carbons (Fsp3) is 0.438. The van der Waals surface area contributed by atoms with E-state index < -0.39 is 0 Å². The third kappa shape index (κ3) is 3.30. The average Bonchev–Trinajstić information content (AvgIpc) is 3.08. The first-order chi connectivity index (χ1) is 9.83. The molecule has 20 heavy (non-hydrogen) atoms. The maximum atomic E-state index is 4.06. The normalized spacial score (nSPS) is 17.4. The summed E-state index contributed by atoms with van der Waals surface area (Å²) in [5, 5.41) is 3.70. The minimum Gasteiger partial charge on any atom is -0.337 e. The van der Waals surface area contributed by atoms with E-state index in [9.17, 15) is 0 Å². The molecule has 0 radical (unpaired) electrons. The Labute approximate surface area is 128 Å². The molecule has 0 bridgehead atoms. The fourth-order valence-corrected chi connectivity index (χ4v) is 3.32. The first kappa shape index (κ1) is 13.8. The highest BCUT2D eigenvalue weighted by molar-refractivity contribution is 9.10. The molecular weight excluding hydrogens is 314 g/mol. The number of hydrogen-bond acceptors (Lipinski definition) is 2. The average molecular weight is 334 g/mol. The zero-order valence-corrected chi connectivity index (χ0v) is 13.1. The van der Waals surface area contributed by atoms with Gasteiger partial charge in [0.25, 0.3) is 0 Å². The lowest BCUT2D eigenvalue weighted by Crippen LogP contribution is -2.20. The van der Waals surface area contributed by atoms with E-state index in [-0.39, 0.29) is 0 Å². The standard InChI is InChI=1S/C16H20BrN3/c17-14-4-5-15-13(11-14)3-6-16(15)19-7-1-2-9-20-10-8-18-12-20/h4-5,8,10-12,16,19H,1-3,6-7,9H2. The van der Waals surface area contributed by atoms with Crippen molar-refractivity contribution in [3.8, 4) is 0 Å². The lowest BCUT2D eigenvalue weighted by Gasteiger charge is -2.14. The molecule has 4 heteroatoms. The van der Waals surface area contributed by atoms with Gasteiger partial charge in [-0.2, -0.15) is 0 Å². The quantitative estimate of drug-likeness (QED) is 0.817. The summed E-state index contributed by atoms with van der Waals surface area (Å²) in [4.78, 5) is 4.06. The molecule has 0 amide bonds. The van der Waals surface area contributed by atoms with Crippen LogP contribution in [0.2, 0.25) is 0 Å². The zero-order valence-electron chi connectivity index (χ0n) is 11.6. The summed E-state index contributed by atoms with van der Waals surface area (Å²) in [6, 6.07) is 7.22. The number of aromatic nitrogens is 2. The Morgan fingerprint density at radius 2 is 2.30 bits per heavy atom. The Bertz CT molecular complexity index is 551. The molecule has 1 aliphatic rings. The second-order valence-electron chi connectivity index (χ2n) is 5.40. The smallest absolute Gasteiger partial charge is 0.0945 e. The summed E-state index contributed by atoms with van der Waals surface area (Å²) in [6.07, 6.45) is 10.6. The molecule has 1 unspecified atom stereocenters. The Kier molecular flexibility index (Phi) is 4.53. The number of nitrogens with one attached hydrogen (secondary N) is 1. The summed E-state index contributed by atoms with van der Waals surface area (Å²) in [6.45, 7) is 2.16. The first-order valence-corrected chi connectivity index (χ1v) is 8.10. The van der Waals surface area contributed by atoms with Crippen molar-refractivity contribution in [1.29, 1.82) is 0 Å². The summed E-state index contributed by atoms with van der Waals surface area (Å²) in [5.41, 5.74) is 2.98. The number of unbranched alkanes of at least 4 members (excludes halogenated alkanes) is 1. The number of halogens is 1. The number of aryl methyl sites for hydroxylation is 2. The van der Waals surface area contributed by atoms with Gasteiger partial charge in [0.2, 0.25) is 0 Å². The predicted molar refractivity (Wildman–Crippen MR) is 84.7 cm³/mol. The minimum atomic E-state index is 0.548. The van der Waals surface area contributed by atoms with Gasteiger partial charge in [-0.05, 0) is 55.5 Å². The van der Waals surface area contributed by atoms with Crippen LogP contribution in [0.3, 0.4) is 0 Å².